The minimum Gasteiger partial charge on any atom is -0.391 e. The molecule has 3 N–H and O–H groups in total. The van der Waals surface area contributed by atoms with Gasteiger partial charge in [-0.15, -0.1) is 11.3 Å². The zero-order chi connectivity index (χ0) is 13.2. The lowest BCUT2D eigenvalue weighted by atomic mass is 9.87. The molecular weight excluding hydrogens is 268 g/mol. The Morgan fingerprint density at radius 1 is 1.61 bits per heavy atom. The molecule has 5 nitrogen and oxygen atoms in total. The number of rotatable bonds is 3. The maximum absolute atomic E-state index is 12.1. The summed E-state index contributed by atoms with van der Waals surface area (Å²) in [7, 11) is 2.05. The number of likely N-dealkylation sites (tertiary alicyclic amines) is 1. The highest BCUT2D eigenvalue weighted by atomic mass is 32.1. The van der Waals surface area contributed by atoms with E-state index in [9.17, 15) is 4.79 Å². The Morgan fingerprint density at radius 3 is 2.78 bits per heavy atom. The summed E-state index contributed by atoms with van der Waals surface area (Å²) in [6.45, 7) is 1.74. The number of thiazole rings is 1. The minimum atomic E-state index is -0.567. The molecule has 0 atom stereocenters. The van der Waals surface area contributed by atoms with Gasteiger partial charge in [0.25, 0.3) is 5.91 Å². The predicted octanol–water partition coefficient (Wildman–Crippen LogP) is 0.623. The van der Waals surface area contributed by atoms with Crippen molar-refractivity contribution in [1.29, 1.82) is 0 Å². The van der Waals surface area contributed by atoms with Gasteiger partial charge in [0.05, 0.1) is 16.0 Å². The summed E-state index contributed by atoms with van der Waals surface area (Å²) >= 11 is 6.53. The smallest absolute Gasteiger partial charge is 0.271 e. The predicted molar refractivity (Wildman–Crippen MR) is 75.8 cm³/mol. The number of nitrogens with one attached hydrogen (secondary N) is 1. The van der Waals surface area contributed by atoms with Gasteiger partial charge in [-0.1, -0.05) is 12.2 Å². The fraction of sp³-hybridized carbons (Fsp3) is 0.545. The molecule has 0 unspecified atom stereocenters. The monoisotopic (exact) mass is 284 g/mol. The highest BCUT2D eigenvalue weighted by Gasteiger charge is 2.38. The van der Waals surface area contributed by atoms with Gasteiger partial charge in [-0.2, -0.15) is 0 Å². The second kappa shape index (κ2) is 5.29. The van der Waals surface area contributed by atoms with Crippen molar-refractivity contribution in [1.82, 2.24) is 15.2 Å². The van der Waals surface area contributed by atoms with Crippen LogP contribution in [0.2, 0.25) is 0 Å². The first-order valence-electron chi connectivity index (χ1n) is 5.73. The summed E-state index contributed by atoms with van der Waals surface area (Å²) in [6, 6.07) is 0. The second-order valence-corrected chi connectivity index (χ2v) is 5.74. The molecule has 1 amide bonds. The molecular formula is C11H16N4OS2. The van der Waals surface area contributed by atoms with Crippen LogP contribution in [-0.2, 0) is 0 Å². The van der Waals surface area contributed by atoms with Crippen molar-refractivity contribution in [2.24, 2.45) is 5.73 Å². The number of amides is 1. The topological polar surface area (TPSA) is 71.2 Å². The van der Waals surface area contributed by atoms with E-state index in [0.717, 1.165) is 25.9 Å². The first kappa shape index (κ1) is 13.4. The van der Waals surface area contributed by atoms with Gasteiger partial charge >= 0.3 is 0 Å². The Kier molecular flexibility index (Phi) is 3.94. The molecule has 2 rings (SSSR count). The van der Waals surface area contributed by atoms with Crippen LogP contribution in [0.1, 0.15) is 23.3 Å². The normalized spacial score (nSPS) is 19.4. The van der Waals surface area contributed by atoms with Crippen molar-refractivity contribution in [3.8, 4) is 0 Å². The first-order valence-corrected chi connectivity index (χ1v) is 7.08. The van der Waals surface area contributed by atoms with Gasteiger partial charge in [0.1, 0.15) is 5.69 Å². The largest absolute Gasteiger partial charge is 0.391 e. The van der Waals surface area contributed by atoms with E-state index in [1.165, 1.54) is 11.3 Å². The van der Waals surface area contributed by atoms with Gasteiger partial charge in [0.2, 0.25) is 0 Å². The summed E-state index contributed by atoms with van der Waals surface area (Å²) in [5.74, 6) is -0.200. The number of aromatic nitrogens is 1. The summed E-state index contributed by atoms with van der Waals surface area (Å²) in [4.78, 5) is 18.6. The van der Waals surface area contributed by atoms with Gasteiger partial charge in [-0.05, 0) is 19.9 Å². The maximum Gasteiger partial charge on any atom is 0.271 e. The lowest BCUT2D eigenvalue weighted by Gasteiger charge is -2.40. The molecule has 1 aliphatic rings. The van der Waals surface area contributed by atoms with E-state index in [4.69, 9.17) is 18.0 Å². The Balaban J connectivity index is 2.12. The Morgan fingerprint density at radius 2 is 2.28 bits per heavy atom. The third-order valence-electron chi connectivity index (χ3n) is 3.33. The van der Waals surface area contributed by atoms with Crippen molar-refractivity contribution in [3.05, 3.63) is 16.6 Å². The van der Waals surface area contributed by atoms with Gasteiger partial charge in [0, 0.05) is 18.5 Å². The fourth-order valence-corrected chi connectivity index (χ4v) is 2.83. The molecule has 0 spiro atoms. The highest BCUT2D eigenvalue weighted by molar-refractivity contribution is 7.80. The van der Waals surface area contributed by atoms with E-state index >= 15 is 0 Å². The number of hydrogen-bond acceptors (Lipinski definition) is 5. The second-order valence-electron chi connectivity index (χ2n) is 4.58. The average molecular weight is 284 g/mol. The van der Waals surface area contributed by atoms with Gasteiger partial charge in [-0.25, -0.2) is 4.98 Å². The SMILES string of the molecule is CN1CCC(NC(=O)c2cscn2)(C(N)=S)CC1. The van der Waals surface area contributed by atoms with Crippen LogP contribution in [0, 0.1) is 0 Å². The molecule has 2 heterocycles. The molecule has 1 saturated heterocycles. The Labute approximate surface area is 115 Å². The number of nitrogens with two attached hydrogens (primary N) is 1. The third-order valence-corrected chi connectivity index (χ3v) is 4.31. The number of carbonyl (C=O) groups is 1. The van der Waals surface area contributed by atoms with E-state index < -0.39 is 5.54 Å². The van der Waals surface area contributed by atoms with E-state index in [1.807, 2.05) is 7.05 Å². The molecule has 18 heavy (non-hydrogen) atoms. The molecule has 1 fully saturated rings. The summed E-state index contributed by atoms with van der Waals surface area (Å²) in [6.07, 6.45) is 1.49. The quantitative estimate of drug-likeness (QED) is 0.796. The number of hydrogen-bond donors (Lipinski definition) is 2. The number of nitrogens with zero attached hydrogens (tertiary/aromatic N) is 2. The number of thiocarbonyl (C=S) groups is 1. The van der Waals surface area contributed by atoms with Crippen LogP contribution >= 0.6 is 23.6 Å². The summed E-state index contributed by atoms with van der Waals surface area (Å²) < 4.78 is 0. The van der Waals surface area contributed by atoms with E-state index in [-0.39, 0.29) is 5.91 Å². The third kappa shape index (κ3) is 2.68. The minimum absolute atomic E-state index is 0.200. The zero-order valence-corrected chi connectivity index (χ0v) is 11.8. The van der Waals surface area contributed by atoms with E-state index in [0.29, 0.717) is 10.7 Å². The van der Waals surface area contributed by atoms with Crippen LogP contribution in [0.25, 0.3) is 0 Å². The average Bonchev–Trinajstić information content (AvgIpc) is 2.85. The van der Waals surface area contributed by atoms with E-state index in [2.05, 4.69) is 15.2 Å². The van der Waals surface area contributed by atoms with E-state index in [1.54, 1.807) is 10.9 Å². The van der Waals surface area contributed by atoms with Crippen molar-refractivity contribution in [2.45, 2.75) is 18.4 Å². The maximum atomic E-state index is 12.1. The van der Waals surface area contributed by atoms with Crippen LogP contribution in [0.4, 0.5) is 0 Å². The Hall–Kier alpha value is -1.05. The number of piperidine rings is 1. The van der Waals surface area contributed by atoms with Crippen molar-refractivity contribution in [3.63, 3.8) is 0 Å². The van der Waals surface area contributed by atoms with Crippen LogP contribution in [0.3, 0.4) is 0 Å². The summed E-state index contributed by atoms with van der Waals surface area (Å²) in [5.41, 5.74) is 7.32. The van der Waals surface area contributed by atoms with Gasteiger partial charge in [0.15, 0.2) is 0 Å². The van der Waals surface area contributed by atoms with Crippen LogP contribution in [-0.4, -0.2) is 46.5 Å². The lowest BCUT2D eigenvalue weighted by Crippen LogP contribution is -2.61. The van der Waals surface area contributed by atoms with Crippen molar-refractivity contribution >= 4 is 34.5 Å². The molecule has 1 aromatic heterocycles. The van der Waals surface area contributed by atoms with Crippen LogP contribution in [0.5, 0.6) is 0 Å². The molecule has 1 aliphatic heterocycles. The van der Waals surface area contributed by atoms with Crippen LogP contribution in [0.15, 0.2) is 10.9 Å². The van der Waals surface area contributed by atoms with Crippen LogP contribution < -0.4 is 11.1 Å². The highest BCUT2D eigenvalue weighted by Crippen LogP contribution is 2.22. The molecule has 0 radical (unpaired) electrons. The molecule has 0 bridgehead atoms. The molecule has 98 valence electrons. The summed E-state index contributed by atoms with van der Waals surface area (Å²) in [5, 5.41) is 4.69. The first-order chi connectivity index (χ1) is 8.53. The molecule has 1 aromatic rings. The fourth-order valence-electron chi connectivity index (χ4n) is 2.04. The number of carbonyl (C=O) groups excluding carboxylic acids is 1. The van der Waals surface area contributed by atoms with Crippen molar-refractivity contribution < 1.29 is 4.79 Å². The van der Waals surface area contributed by atoms with Gasteiger partial charge < -0.3 is 16.0 Å². The Bertz CT molecular complexity index is 438. The lowest BCUT2D eigenvalue weighted by molar-refractivity contribution is 0.0886. The molecule has 0 aliphatic carbocycles. The zero-order valence-electron chi connectivity index (χ0n) is 10.2. The van der Waals surface area contributed by atoms with Crippen molar-refractivity contribution in [2.75, 3.05) is 20.1 Å². The van der Waals surface area contributed by atoms with Gasteiger partial charge in [-0.3, -0.25) is 4.79 Å². The molecule has 0 saturated carbocycles. The molecule has 7 heteroatoms. The standard InChI is InChI=1S/C11H16N4OS2/c1-15-4-2-11(3-5-15,10(12)17)14-9(16)8-6-18-7-13-8/h6-7H,2-5H2,1H3,(H2,12,17)(H,14,16). The molecule has 0 aromatic carbocycles.